The van der Waals surface area contributed by atoms with Crippen LogP contribution in [0.25, 0.3) is 5.69 Å². The summed E-state index contributed by atoms with van der Waals surface area (Å²) in [5.74, 6) is -0.440. The van der Waals surface area contributed by atoms with Crippen molar-refractivity contribution in [2.75, 3.05) is 0 Å². The van der Waals surface area contributed by atoms with Crippen molar-refractivity contribution in [1.82, 2.24) is 15.1 Å². The number of para-hydroxylation sites is 1. The van der Waals surface area contributed by atoms with Crippen LogP contribution in [0.5, 0.6) is 0 Å². The summed E-state index contributed by atoms with van der Waals surface area (Å²) in [6.45, 7) is 5.93. The second-order valence-corrected chi connectivity index (χ2v) is 6.11. The van der Waals surface area contributed by atoms with E-state index in [1.165, 1.54) is 6.07 Å². The molecule has 0 fully saturated rings. The zero-order valence-electron chi connectivity index (χ0n) is 14.5. The molecule has 25 heavy (non-hydrogen) atoms. The minimum atomic E-state index is -0.245. The van der Waals surface area contributed by atoms with Crippen molar-refractivity contribution in [2.24, 2.45) is 0 Å². The number of carbonyl (C=O) groups excluding carboxylic acids is 1. The lowest BCUT2D eigenvalue weighted by Gasteiger charge is -2.09. The van der Waals surface area contributed by atoms with Crippen molar-refractivity contribution in [2.45, 2.75) is 27.3 Å². The molecule has 0 aliphatic carbocycles. The quantitative estimate of drug-likeness (QED) is 0.786. The van der Waals surface area contributed by atoms with Gasteiger partial charge in [-0.2, -0.15) is 5.10 Å². The van der Waals surface area contributed by atoms with Crippen molar-refractivity contribution >= 4 is 5.91 Å². The largest absolute Gasteiger partial charge is 0.348 e. The molecule has 128 valence electrons. The van der Waals surface area contributed by atoms with Gasteiger partial charge in [0.2, 0.25) is 0 Å². The van der Waals surface area contributed by atoms with Gasteiger partial charge in [-0.15, -0.1) is 0 Å². The Hall–Kier alpha value is -2.95. The lowest BCUT2D eigenvalue weighted by Crippen LogP contribution is -2.23. The zero-order valence-corrected chi connectivity index (χ0v) is 14.5. The number of benzene rings is 2. The number of carbonyl (C=O) groups is 1. The molecule has 0 unspecified atom stereocenters. The van der Waals surface area contributed by atoms with E-state index in [0.717, 1.165) is 22.5 Å². The predicted octanol–water partition coefficient (Wildman–Crippen LogP) is 3.87. The van der Waals surface area contributed by atoms with E-state index in [1.54, 1.807) is 29.9 Å². The Morgan fingerprint density at radius 1 is 1.12 bits per heavy atom. The summed E-state index contributed by atoms with van der Waals surface area (Å²) in [6.07, 6.45) is 1.58. The Bertz CT molecular complexity index is 930. The molecule has 0 radical (unpaired) electrons. The Morgan fingerprint density at radius 3 is 2.60 bits per heavy atom. The molecule has 1 amide bonds. The number of aryl methyl sites for hydroxylation is 2. The summed E-state index contributed by atoms with van der Waals surface area (Å²) < 4.78 is 15.1. The van der Waals surface area contributed by atoms with E-state index in [0.29, 0.717) is 17.7 Å². The summed E-state index contributed by atoms with van der Waals surface area (Å²) in [6, 6.07) is 12.7. The minimum Gasteiger partial charge on any atom is -0.348 e. The fraction of sp³-hybridized carbons (Fsp3) is 0.200. The molecule has 0 spiro atoms. The predicted molar refractivity (Wildman–Crippen MR) is 95.3 cm³/mol. The Kier molecular flexibility index (Phi) is 4.65. The molecule has 2 aromatic carbocycles. The molecule has 3 rings (SSSR count). The van der Waals surface area contributed by atoms with E-state index in [-0.39, 0.29) is 11.7 Å². The molecule has 0 aliphatic rings. The van der Waals surface area contributed by atoms with Gasteiger partial charge in [-0.3, -0.25) is 4.79 Å². The molecule has 5 heteroatoms. The van der Waals surface area contributed by atoms with Crippen LogP contribution in [-0.2, 0) is 6.54 Å². The highest BCUT2D eigenvalue weighted by Crippen LogP contribution is 2.17. The number of amides is 1. The molecule has 0 atom stereocenters. The monoisotopic (exact) mass is 337 g/mol. The second-order valence-electron chi connectivity index (χ2n) is 6.11. The number of rotatable bonds is 4. The van der Waals surface area contributed by atoms with Crippen LogP contribution in [-0.4, -0.2) is 15.7 Å². The van der Waals surface area contributed by atoms with Crippen molar-refractivity contribution in [3.05, 3.63) is 82.4 Å². The average molecular weight is 337 g/mol. The highest BCUT2D eigenvalue weighted by Gasteiger charge is 2.15. The van der Waals surface area contributed by atoms with Gasteiger partial charge in [0.25, 0.3) is 5.91 Å². The Balaban J connectivity index is 1.77. The molecule has 0 saturated carbocycles. The first-order chi connectivity index (χ1) is 12.0. The molecule has 0 bridgehead atoms. The van der Waals surface area contributed by atoms with E-state index in [9.17, 15) is 9.18 Å². The third-order valence-electron chi connectivity index (χ3n) is 4.27. The molecule has 1 aromatic heterocycles. The number of hydrogen-bond donors (Lipinski definition) is 1. The number of halogens is 1. The molecule has 0 aliphatic heterocycles. The summed E-state index contributed by atoms with van der Waals surface area (Å²) in [4.78, 5) is 12.5. The standard InChI is InChI=1S/C20H20FN3O/c1-13-6-4-5-7-19(13)24-15(3)17(12-23-24)20(25)22-11-16-8-9-18(21)14(2)10-16/h4-10,12H,11H2,1-3H3,(H,22,25). The summed E-state index contributed by atoms with van der Waals surface area (Å²) in [5.41, 5.74) is 4.77. The fourth-order valence-corrected chi connectivity index (χ4v) is 2.77. The first-order valence-electron chi connectivity index (χ1n) is 8.11. The first-order valence-corrected chi connectivity index (χ1v) is 8.11. The number of nitrogens with one attached hydrogen (secondary N) is 1. The lowest BCUT2D eigenvalue weighted by atomic mass is 10.1. The van der Waals surface area contributed by atoms with Gasteiger partial charge >= 0.3 is 0 Å². The zero-order chi connectivity index (χ0) is 18.0. The van der Waals surface area contributed by atoms with Gasteiger partial charge in [0, 0.05) is 6.54 Å². The van der Waals surface area contributed by atoms with Gasteiger partial charge < -0.3 is 5.32 Å². The maximum atomic E-state index is 13.3. The van der Waals surface area contributed by atoms with Crippen LogP contribution in [0.3, 0.4) is 0 Å². The smallest absolute Gasteiger partial charge is 0.255 e. The van der Waals surface area contributed by atoms with Gasteiger partial charge in [-0.05, 0) is 49.6 Å². The Morgan fingerprint density at radius 2 is 1.88 bits per heavy atom. The molecule has 0 saturated heterocycles. The molecular formula is C20H20FN3O. The molecular weight excluding hydrogens is 317 g/mol. The third kappa shape index (κ3) is 3.45. The van der Waals surface area contributed by atoms with Crippen LogP contribution < -0.4 is 5.32 Å². The van der Waals surface area contributed by atoms with Gasteiger partial charge in [0.15, 0.2) is 0 Å². The van der Waals surface area contributed by atoms with E-state index in [2.05, 4.69) is 10.4 Å². The van der Waals surface area contributed by atoms with E-state index < -0.39 is 0 Å². The van der Waals surface area contributed by atoms with Crippen LogP contribution in [0.15, 0.2) is 48.7 Å². The van der Waals surface area contributed by atoms with Gasteiger partial charge in [0.1, 0.15) is 5.82 Å². The summed E-state index contributed by atoms with van der Waals surface area (Å²) >= 11 is 0. The third-order valence-corrected chi connectivity index (χ3v) is 4.27. The number of hydrogen-bond acceptors (Lipinski definition) is 2. The Labute approximate surface area is 146 Å². The van der Waals surface area contributed by atoms with Crippen LogP contribution in [0.1, 0.15) is 32.7 Å². The van der Waals surface area contributed by atoms with Crippen molar-refractivity contribution < 1.29 is 9.18 Å². The highest BCUT2D eigenvalue weighted by atomic mass is 19.1. The first kappa shape index (κ1) is 16.9. The van der Waals surface area contributed by atoms with Crippen LogP contribution in [0, 0.1) is 26.6 Å². The SMILES string of the molecule is Cc1cc(CNC(=O)c2cnn(-c3ccccc3C)c2C)ccc1F. The van der Waals surface area contributed by atoms with Crippen LogP contribution in [0.4, 0.5) is 4.39 Å². The average Bonchev–Trinajstić information content (AvgIpc) is 2.97. The normalized spacial score (nSPS) is 10.7. The molecule has 4 nitrogen and oxygen atoms in total. The van der Waals surface area contributed by atoms with Gasteiger partial charge in [-0.1, -0.05) is 30.3 Å². The van der Waals surface area contributed by atoms with E-state index in [4.69, 9.17) is 0 Å². The van der Waals surface area contributed by atoms with Crippen molar-refractivity contribution in [3.8, 4) is 5.69 Å². The second kappa shape index (κ2) is 6.89. The molecule has 1 N–H and O–H groups in total. The highest BCUT2D eigenvalue weighted by molar-refractivity contribution is 5.95. The van der Waals surface area contributed by atoms with Crippen LogP contribution >= 0.6 is 0 Å². The topological polar surface area (TPSA) is 46.9 Å². The maximum Gasteiger partial charge on any atom is 0.255 e. The number of nitrogens with zero attached hydrogens (tertiary/aromatic N) is 2. The lowest BCUT2D eigenvalue weighted by molar-refractivity contribution is 0.0950. The maximum absolute atomic E-state index is 13.3. The van der Waals surface area contributed by atoms with E-state index >= 15 is 0 Å². The fourth-order valence-electron chi connectivity index (χ4n) is 2.77. The minimum absolute atomic E-state index is 0.195. The summed E-state index contributed by atoms with van der Waals surface area (Å²) in [7, 11) is 0. The van der Waals surface area contributed by atoms with Crippen molar-refractivity contribution in [3.63, 3.8) is 0 Å². The van der Waals surface area contributed by atoms with Crippen molar-refractivity contribution in [1.29, 1.82) is 0 Å². The molecule has 1 heterocycles. The van der Waals surface area contributed by atoms with Gasteiger partial charge in [0.05, 0.1) is 23.1 Å². The van der Waals surface area contributed by atoms with E-state index in [1.807, 2.05) is 38.1 Å². The van der Waals surface area contributed by atoms with Gasteiger partial charge in [-0.25, -0.2) is 9.07 Å². The number of aromatic nitrogens is 2. The van der Waals surface area contributed by atoms with Crippen LogP contribution in [0.2, 0.25) is 0 Å². The summed E-state index contributed by atoms with van der Waals surface area (Å²) in [5, 5.41) is 7.22. The molecule has 3 aromatic rings.